The second kappa shape index (κ2) is 14.3. The maximum absolute atomic E-state index is 11.2. The smallest absolute Gasteiger partial charge is 0.178 e. The predicted molar refractivity (Wildman–Crippen MR) is 130 cm³/mol. The van der Waals surface area contributed by atoms with E-state index in [4.69, 9.17) is 0 Å². The van der Waals surface area contributed by atoms with Crippen molar-refractivity contribution < 1.29 is 13.2 Å². The fourth-order valence-electron chi connectivity index (χ4n) is 2.63. The molecule has 0 unspecified atom stereocenters. The summed E-state index contributed by atoms with van der Waals surface area (Å²) in [5.41, 5.74) is 3.41. The van der Waals surface area contributed by atoms with E-state index in [1.165, 1.54) is 17.5 Å². The Balaban J connectivity index is 0.000000296. The zero-order valence-electron chi connectivity index (χ0n) is 19.0. The van der Waals surface area contributed by atoms with Crippen LogP contribution in [0.1, 0.15) is 55.6 Å². The molecule has 3 aromatic carbocycles. The molecule has 3 rings (SSSR count). The average Bonchev–Trinajstić information content (AvgIpc) is 2.80. The number of hydrogen-bond acceptors (Lipinski definition) is 3. The van der Waals surface area contributed by atoms with Gasteiger partial charge in [0.2, 0.25) is 0 Å². The standard InChI is InChI=1S/C16H16O.C8H10O2S.C3H8/c1-13(17)16-11-9-15(10-12-16)8-7-14-5-3-2-4-6-14;1-2-11(9,10)8-6-4-3-5-7-8;1-3-2/h2-6,9-12H,7-8H2,1H3;3-7H,2H2,1H3;3H2,1-2H3. The van der Waals surface area contributed by atoms with E-state index in [0.29, 0.717) is 4.90 Å². The lowest BCUT2D eigenvalue weighted by molar-refractivity contribution is 0.101. The first-order chi connectivity index (χ1) is 14.8. The van der Waals surface area contributed by atoms with Gasteiger partial charge in [-0.05, 0) is 43.0 Å². The zero-order valence-corrected chi connectivity index (χ0v) is 19.9. The molecule has 166 valence electrons. The van der Waals surface area contributed by atoms with E-state index in [1.54, 1.807) is 44.2 Å². The van der Waals surface area contributed by atoms with E-state index in [2.05, 4.69) is 38.1 Å². The lowest BCUT2D eigenvalue weighted by Gasteiger charge is -2.03. The Morgan fingerprint density at radius 1 is 0.677 bits per heavy atom. The van der Waals surface area contributed by atoms with E-state index in [-0.39, 0.29) is 11.5 Å². The monoisotopic (exact) mass is 438 g/mol. The molecule has 0 atom stereocenters. The van der Waals surface area contributed by atoms with Crippen LogP contribution in [0.15, 0.2) is 89.8 Å². The summed E-state index contributed by atoms with van der Waals surface area (Å²) in [6, 6.07) is 26.8. The molecule has 0 aliphatic carbocycles. The van der Waals surface area contributed by atoms with Gasteiger partial charge in [-0.25, -0.2) is 8.42 Å². The number of hydrogen-bond donors (Lipinski definition) is 0. The van der Waals surface area contributed by atoms with E-state index in [1.807, 2.05) is 30.3 Å². The van der Waals surface area contributed by atoms with Gasteiger partial charge in [0.25, 0.3) is 0 Å². The summed E-state index contributed by atoms with van der Waals surface area (Å²) in [7, 11) is -3.00. The Morgan fingerprint density at radius 3 is 1.52 bits per heavy atom. The van der Waals surface area contributed by atoms with Crippen LogP contribution < -0.4 is 0 Å². The number of aryl methyl sites for hydroxylation is 2. The van der Waals surface area contributed by atoms with Crippen LogP contribution in [0.25, 0.3) is 0 Å². The first-order valence-corrected chi connectivity index (χ1v) is 12.4. The molecular formula is C27H34O3S. The molecule has 0 saturated heterocycles. The third kappa shape index (κ3) is 10.2. The molecule has 0 heterocycles. The van der Waals surface area contributed by atoms with Gasteiger partial charge in [0, 0.05) is 5.56 Å². The Kier molecular flexibility index (Phi) is 12.2. The van der Waals surface area contributed by atoms with E-state index in [9.17, 15) is 13.2 Å². The quantitative estimate of drug-likeness (QED) is 0.409. The highest BCUT2D eigenvalue weighted by molar-refractivity contribution is 7.91. The van der Waals surface area contributed by atoms with Crippen LogP contribution in [0.5, 0.6) is 0 Å². The van der Waals surface area contributed by atoms with Gasteiger partial charge in [0.05, 0.1) is 10.6 Å². The molecule has 0 aliphatic heterocycles. The third-order valence-corrected chi connectivity index (χ3v) is 6.14. The van der Waals surface area contributed by atoms with Crippen LogP contribution in [0, 0.1) is 0 Å². The van der Waals surface area contributed by atoms with E-state index >= 15 is 0 Å². The summed E-state index contributed by atoms with van der Waals surface area (Å²) in [4.78, 5) is 11.5. The summed E-state index contributed by atoms with van der Waals surface area (Å²) < 4.78 is 22.4. The predicted octanol–water partition coefficient (Wildman–Crippen LogP) is 6.57. The largest absolute Gasteiger partial charge is 0.295 e. The molecule has 0 amide bonds. The average molecular weight is 439 g/mol. The molecule has 0 fully saturated rings. The number of ketones is 1. The van der Waals surface area contributed by atoms with Gasteiger partial charge in [0.1, 0.15) is 0 Å². The first-order valence-electron chi connectivity index (χ1n) is 10.8. The highest BCUT2D eigenvalue weighted by Gasteiger charge is 2.08. The van der Waals surface area contributed by atoms with Crippen LogP contribution in [0.4, 0.5) is 0 Å². The van der Waals surface area contributed by atoms with Crippen molar-refractivity contribution in [3.63, 3.8) is 0 Å². The lowest BCUT2D eigenvalue weighted by atomic mass is 10.0. The van der Waals surface area contributed by atoms with Gasteiger partial charge in [-0.3, -0.25) is 4.79 Å². The highest BCUT2D eigenvalue weighted by atomic mass is 32.2. The molecule has 0 aromatic heterocycles. The number of Topliss-reactive ketones (excluding diaryl/α,β-unsaturated/α-hetero) is 1. The van der Waals surface area contributed by atoms with E-state index in [0.717, 1.165) is 18.4 Å². The fraction of sp³-hybridized carbons (Fsp3) is 0.296. The second-order valence-electron chi connectivity index (χ2n) is 7.16. The minimum Gasteiger partial charge on any atom is -0.295 e. The van der Waals surface area contributed by atoms with Crippen molar-refractivity contribution >= 4 is 15.6 Å². The van der Waals surface area contributed by atoms with Gasteiger partial charge in [-0.15, -0.1) is 0 Å². The molecule has 3 aromatic rings. The first kappa shape index (κ1) is 26.3. The molecule has 0 radical (unpaired) electrons. The van der Waals surface area contributed by atoms with Gasteiger partial charge in [-0.2, -0.15) is 0 Å². The van der Waals surface area contributed by atoms with Gasteiger partial charge in [-0.1, -0.05) is 100.0 Å². The number of carbonyl (C=O) groups is 1. The number of carbonyl (C=O) groups excluding carboxylic acids is 1. The van der Waals surface area contributed by atoms with Gasteiger partial charge < -0.3 is 0 Å². The molecule has 31 heavy (non-hydrogen) atoms. The van der Waals surface area contributed by atoms with Crippen LogP contribution in [-0.2, 0) is 22.7 Å². The molecule has 0 aliphatic rings. The topological polar surface area (TPSA) is 51.2 Å². The zero-order chi connectivity index (χ0) is 23.1. The van der Waals surface area contributed by atoms with Crippen LogP contribution in [0.2, 0.25) is 0 Å². The third-order valence-electron chi connectivity index (χ3n) is 4.39. The maximum Gasteiger partial charge on any atom is 0.178 e. The second-order valence-corrected chi connectivity index (χ2v) is 9.44. The highest BCUT2D eigenvalue weighted by Crippen LogP contribution is 2.10. The van der Waals surface area contributed by atoms with Crippen molar-refractivity contribution in [3.05, 3.63) is 102 Å². The molecule has 3 nitrogen and oxygen atoms in total. The Labute approximate surface area is 188 Å². The Morgan fingerprint density at radius 2 is 1.10 bits per heavy atom. The van der Waals surface area contributed by atoms with Crippen LogP contribution >= 0.6 is 0 Å². The van der Waals surface area contributed by atoms with Crippen molar-refractivity contribution in [2.75, 3.05) is 5.75 Å². The summed E-state index contributed by atoms with van der Waals surface area (Å²) >= 11 is 0. The number of benzene rings is 3. The molecule has 0 N–H and O–H groups in total. The summed E-state index contributed by atoms with van der Waals surface area (Å²) in [6.07, 6.45) is 3.31. The Bertz CT molecular complexity index is 978. The van der Waals surface area contributed by atoms with Crippen LogP contribution in [0.3, 0.4) is 0 Å². The van der Waals surface area contributed by atoms with Crippen LogP contribution in [-0.4, -0.2) is 20.0 Å². The molecule has 0 spiro atoms. The van der Waals surface area contributed by atoms with Crippen molar-refractivity contribution in [2.24, 2.45) is 0 Å². The molecule has 0 bridgehead atoms. The van der Waals surface area contributed by atoms with Crippen molar-refractivity contribution in [2.45, 2.75) is 51.9 Å². The van der Waals surface area contributed by atoms with Crippen molar-refractivity contribution in [3.8, 4) is 0 Å². The van der Waals surface area contributed by atoms with Gasteiger partial charge >= 0.3 is 0 Å². The SMILES string of the molecule is CC(=O)c1ccc(CCc2ccccc2)cc1.CCC.CCS(=O)(=O)c1ccccc1. The minimum absolute atomic E-state index is 0.125. The number of rotatable bonds is 6. The number of sulfone groups is 1. The fourth-order valence-corrected chi connectivity index (χ4v) is 3.54. The maximum atomic E-state index is 11.2. The molecule has 0 saturated carbocycles. The van der Waals surface area contributed by atoms with Gasteiger partial charge in [0.15, 0.2) is 15.6 Å². The molecule has 4 heteroatoms. The summed E-state index contributed by atoms with van der Waals surface area (Å²) in [5, 5.41) is 0. The normalized spacial score (nSPS) is 10.2. The lowest BCUT2D eigenvalue weighted by Crippen LogP contribution is -2.02. The molecular weight excluding hydrogens is 404 g/mol. The summed E-state index contributed by atoms with van der Waals surface area (Å²) in [6.45, 7) is 7.49. The Hall–Kier alpha value is -2.72. The minimum atomic E-state index is -3.00. The van der Waals surface area contributed by atoms with Crippen molar-refractivity contribution in [1.29, 1.82) is 0 Å². The van der Waals surface area contributed by atoms with Crippen molar-refractivity contribution in [1.82, 2.24) is 0 Å². The van der Waals surface area contributed by atoms with E-state index < -0.39 is 9.84 Å². The summed E-state index contributed by atoms with van der Waals surface area (Å²) in [5.74, 6) is 0.288.